The van der Waals surface area contributed by atoms with E-state index < -0.39 is 0 Å². The van der Waals surface area contributed by atoms with Crippen molar-refractivity contribution in [3.63, 3.8) is 0 Å². The number of unbranched alkanes of at least 4 members (excludes halogenated alkanes) is 21. The summed E-state index contributed by atoms with van der Waals surface area (Å²) in [6, 6.07) is 4.83. The number of hydrogen-bond acceptors (Lipinski definition) is 0. The minimum absolute atomic E-state index is 0.00138. The van der Waals surface area contributed by atoms with E-state index in [0.717, 1.165) is 0 Å². The van der Waals surface area contributed by atoms with Crippen molar-refractivity contribution in [3.05, 3.63) is 0 Å². The van der Waals surface area contributed by atoms with Gasteiger partial charge in [0.2, 0.25) is 0 Å². The quantitative estimate of drug-likeness (QED) is 0.0697. The van der Waals surface area contributed by atoms with Crippen molar-refractivity contribution in [2.24, 2.45) is 0 Å². The van der Waals surface area contributed by atoms with Crippen molar-refractivity contribution in [2.75, 3.05) is 0 Å². The monoisotopic (exact) mass is 507 g/mol. The molecule has 33 heavy (non-hydrogen) atoms. The van der Waals surface area contributed by atoms with Crippen LogP contribution in [-0.4, -0.2) is 25.9 Å². The Morgan fingerprint density at radius 1 is 0.333 bits per heavy atom. The van der Waals surface area contributed by atoms with Gasteiger partial charge in [-0.2, -0.15) is 0 Å². The molecule has 0 bridgehead atoms. The Kier molecular flexibility index (Phi) is 31.3. The van der Waals surface area contributed by atoms with E-state index in [4.69, 9.17) is 0 Å². The zero-order valence-corrected chi connectivity index (χ0v) is 26.6. The first-order chi connectivity index (χ1) is 16.3. The van der Waals surface area contributed by atoms with Crippen LogP contribution in [0.4, 0.5) is 0 Å². The summed E-state index contributed by atoms with van der Waals surface area (Å²) in [5, 5.41) is 0. The predicted octanol–water partition coefficient (Wildman–Crippen LogP) is 11.1. The minimum Gasteiger partial charge on any atom is -0.0654 e. The first kappa shape index (κ1) is 33.7. The third-order valence-corrected chi connectivity index (χ3v) is 18.7. The molecule has 0 aromatic heterocycles. The van der Waals surface area contributed by atoms with Gasteiger partial charge in [-0.1, -0.05) is 193 Å². The third-order valence-electron chi connectivity index (χ3n) is 7.02. The second-order valence-corrected chi connectivity index (χ2v) is 20.9. The molecule has 0 aliphatic rings. The summed E-state index contributed by atoms with van der Waals surface area (Å²) in [6.07, 6.45) is 35.7. The van der Waals surface area contributed by atoms with Crippen LogP contribution in [0.5, 0.6) is 0 Å². The fourth-order valence-corrected chi connectivity index (χ4v) is 16.0. The molecule has 0 aromatic rings. The van der Waals surface area contributed by atoms with E-state index in [9.17, 15) is 0 Å². The molecule has 3 heteroatoms. The number of rotatable bonds is 29. The van der Waals surface area contributed by atoms with Gasteiger partial charge in [0.05, 0.1) is 0 Å². The fourth-order valence-electron chi connectivity index (χ4n) is 4.67. The zero-order chi connectivity index (χ0) is 24.1. The third kappa shape index (κ3) is 28.8. The molecule has 0 aliphatic carbocycles. The van der Waals surface area contributed by atoms with Crippen LogP contribution in [0.25, 0.3) is 0 Å². The minimum atomic E-state index is 0.00138. The lowest BCUT2D eigenvalue weighted by Crippen LogP contribution is -2.30. The molecule has 0 saturated carbocycles. The predicted molar refractivity (Wildman–Crippen MR) is 160 cm³/mol. The summed E-state index contributed by atoms with van der Waals surface area (Å²) in [6.45, 7) is 6.97. The largest absolute Gasteiger partial charge is 0.0654 e. The molecule has 0 spiro atoms. The molecule has 195 valence electrons. The lowest BCUT2D eigenvalue weighted by atomic mass is 10.1. The zero-order valence-electron chi connectivity index (χ0n) is 23.6. The first-order valence-electron chi connectivity index (χ1n) is 15.7. The highest BCUT2D eigenvalue weighted by atomic mass is 29.6. The highest BCUT2D eigenvalue weighted by Crippen LogP contribution is 2.15. The summed E-state index contributed by atoms with van der Waals surface area (Å²) in [4.78, 5) is 0. The summed E-state index contributed by atoms with van der Waals surface area (Å²) in [7, 11) is 2.75. The highest BCUT2D eigenvalue weighted by molar-refractivity contribution is 7.39. The lowest BCUT2D eigenvalue weighted by Gasteiger charge is -2.14. The number of hydrogen-bond donors (Lipinski definition) is 0. The highest BCUT2D eigenvalue weighted by Gasteiger charge is 2.12. The first-order valence-corrected chi connectivity index (χ1v) is 21.8. The Hall–Kier alpha value is 0.651. The van der Waals surface area contributed by atoms with Crippen molar-refractivity contribution in [1.82, 2.24) is 0 Å². The van der Waals surface area contributed by atoms with Crippen LogP contribution in [-0.2, 0) is 0 Å². The van der Waals surface area contributed by atoms with Crippen LogP contribution in [0.2, 0.25) is 18.1 Å². The summed E-state index contributed by atoms with van der Waals surface area (Å²) < 4.78 is 0. The van der Waals surface area contributed by atoms with Gasteiger partial charge in [-0.25, -0.2) is 0 Å². The van der Waals surface area contributed by atoms with Crippen molar-refractivity contribution >= 4 is 25.9 Å². The van der Waals surface area contributed by atoms with Gasteiger partial charge in [0.15, 0.2) is 0 Å². The normalized spacial score (nSPS) is 11.6. The van der Waals surface area contributed by atoms with Crippen molar-refractivity contribution in [3.8, 4) is 0 Å². The summed E-state index contributed by atoms with van der Waals surface area (Å²) >= 11 is 0. The Morgan fingerprint density at radius 3 is 0.939 bits per heavy atom. The Morgan fingerprint density at radius 2 is 0.606 bits per heavy atom. The van der Waals surface area contributed by atoms with Crippen LogP contribution in [0.3, 0.4) is 0 Å². The second kappa shape index (κ2) is 30.7. The van der Waals surface area contributed by atoms with Gasteiger partial charge in [-0.15, -0.1) is 0 Å². The maximum atomic E-state index is 2.33. The molecule has 0 amide bonds. The molecule has 5 radical (unpaired) electrons. The van der Waals surface area contributed by atoms with Crippen molar-refractivity contribution < 1.29 is 0 Å². The molecule has 0 aromatic carbocycles. The van der Waals surface area contributed by atoms with Gasteiger partial charge >= 0.3 is 0 Å². The van der Waals surface area contributed by atoms with Gasteiger partial charge in [-0.05, 0) is 0 Å². The molecule has 0 heterocycles. The molecule has 0 rings (SSSR count). The molecule has 0 unspecified atom stereocenters. The maximum Gasteiger partial charge on any atom is 0.0222 e. The second-order valence-electron chi connectivity index (χ2n) is 10.5. The summed E-state index contributed by atoms with van der Waals surface area (Å²) in [5.41, 5.74) is 0. The molecule has 0 atom stereocenters. The smallest absolute Gasteiger partial charge is 0.0222 e. The van der Waals surface area contributed by atoms with Crippen LogP contribution in [0, 0.1) is 0 Å². The Bertz CT molecular complexity index is 313. The fraction of sp³-hybridized carbons (Fsp3) is 1.00. The topological polar surface area (TPSA) is 0 Å². The molecule has 0 aliphatic heterocycles. The molecular formula is C30H63Si3. The van der Waals surface area contributed by atoms with Gasteiger partial charge in [0, 0.05) is 25.9 Å². The van der Waals surface area contributed by atoms with E-state index in [1.807, 2.05) is 0 Å². The van der Waals surface area contributed by atoms with Crippen LogP contribution >= 0.6 is 0 Å². The van der Waals surface area contributed by atoms with Gasteiger partial charge < -0.3 is 0 Å². The van der Waals surface area contributed by atoms with E-state index in [1.165, 1.54) is 153 Å². The van der Waals surface area contributed by atoms with E-state index in [1.54, 1.807) is 37.4 Å². The van der Waals surface area contributed by atoms with Crippen molar-refractivity contribution in [1.29, 1.82) is 0 Å². The SMILES string of the molecule is CCCCCCCCCC[Si][Si](CCCCCCCCCC)[Si]CCCCCCCCCC. The van der Waals surface area contributed by atoms with Crippen LogP contribution < -0.4 is 0 Å². The average Bonchev–Trinajstić information content (AvgIpc) is 2.83. The van der Waals surface area contributed by atoms with E-state index in [2.05, 4.69) is 20.8 Å². The molecule has 0 fully saturated rings. The summed E-state index contributed by atoms with van der Waals surface area (Å²) in [5.74, 6) is 0. The molecule has 0 nitrogen and oxygen atoms in total. The Balaban J connectivity index is 3.84. The lowest BCUT2D eigenvalue weighted by molar-refractivity contribution is 0.584. The Labute approximate surface area is 218 Å². The van der Waals surface area contributed by atoms with E-state index >= 15 is 0 Å². The maximum absolute atomic E-state index is 2.33. The van der Waals surface area contributed by atoms with Gasteiger partial charge in [0.25, 0.3) is 0 Å². The van der Waals surface area contributed by atoms with E-state index in [-0.39, 0.29) is 7.83 Å². The van der Waals surface area contributed by atoms with Crippen LogP contribution in [0.15, 0.2) is 0 Å². The van der Waals surface area contributed by atoms with Gasteiger partial charge in [0.1, 0.15) is 0 Å². The molecule has 0 saturated heterocycles. The molecular weight excluding hydrogens is 445 g/mol. The standard InChI is InChI=1S/C30H63Si3/c1-4-7-10-13-16-19-22-25-28-31-33(30-27-24-21-18-15-12-9-6-3)32-29-26-23-20-17-14-11-8-5-2/h4-30H2,1-3H3. The van der Waals surface area contributed by atoms with Crippen molar-refractivity contribution in [2.45, 2.75) is 193 Å². The van der Waals surface area contributed by atoms with Gasteiger partial charge in [-0.3, -0.25) is 0 Å². The molecule has 0 N–H and O–H groups in total. The van der Waals surface area contributed by atoms with E-state index in [0.29, 0.717) is 0 Å². The average molecular weight is 508 g/mol. The van der Waals surface area contributed by atoms with Crippen LogP contribution in [0.1, 0.15) is 175 Å².